The summed E-state index contributed by atoms with van der Waals surface area (Å²) in [5.74, 6) is 0. The van der Waals surface area contributed by atoms with Crippen molar-refractivity contribution in [2.45, 2.75) is 0 Å². The number of hydrogen-bond donors (Lipinski definition) is 1. The van der Waals surface area contributed by atoms with E-state index in [-0.39, 0.29) is 0 Å². The molecule has 0 amide bonds. The highest BCUT2D eigenvalue weighted by Gasteiger charge is 2.10. The zero-order valence-electron chi connectivity index (χ0n) is 14.4. The van der Waals surface area contributed by atoms with Crippen LogP contribution in [0.25, 0.3) is 42.1 Å². The highest BCUT2D eigenvalue weighted by atomic mass is 32.1. The van der Waals surface area contributed by atoms with Gasteiger partial charge in [0.15, 0.2) is 0 Å². The molecule has 0 unspecified atom stereocenters. The summed E-state index contributed by atoms with van der Waals surface area (Å²) in [6.07, 6.45) is 0. The number of fused-ring (bicyclic) bond motifs is 6. The van der Waals surface area contributed by atoms with Gasteiger partial charge in [0.25, 0.3) is 0 Å². The highest BCUT2D eigenvalue weighted by molar-refractivity contribution is 7.26. The molecular weight excluding hydrogens is 350 g/mol. The van der Waals surface area contributed by atoms with Crippen molar-refractivity contribution < 1.29 is 4.42 Å². The Morgan fingerprint density at radius 2 is 1.41 bits per heavy atom. The van der Waals surface area contributed by atoms with Crippen molar-refractivity contribution in [2.24, 2.45) is 0 Å². The first-order valence-electron chi connectivity index (χ1n) is 8.95. The zero-order chi connectivity index (χ0) is 17.8. The van der Waals surface area contributed by atoms with Gasteiger partial charge in [0.05, 0.1) is 10.4 Å². The summed E-state index contributed by atoms with van der Waals surface area (Å²) in [6, 6.07) is 29.5. The third-order valence-corrected chi connectivity index (χ3v) is 6.28. The molecule has 3 heteroatoms. The molecule has 6 rings (SSSR count). The molecule has 2 heterocycles. The van der Waals surface area contributed by atoms with Crippen LogP contribution in [0.15, 0.2) is 89.3 Å². The summed E-state index contributed by atoms with van der Waals surface area (Å²) in [5, 5.41) is 8.51. The lowest BCUT2D eigenvalue weighted by Crippen LogP contribution is -1.89. The van der Waals surface area contributed by atoms with E-state index in [4.69, 9.17) is 4.42 Å². The largest absolute Gasteiger partial charge is 0.456 e. The van der Waals surface area contributed by atoms with Crippen molar-refractivity contribution in [1.82, 2.24) is 0 Å². The maximum Gasteiger partial charge on any atom is 0.137 e. The lowest BCUT2D eigenvalue weighted by Gasteiger charge is -2.07. The Hall–Kier alpha value is -3.30. The van der Waals surface area contributed by atoms with Crippen LogP contribution >= 0.6 is 11.3 Å². The van der Waals surface area contributed by atoms with E-state index < -0.39 is 0 Å². The molecule has 0 bridgehead atoms. The van der Waals surface area contributed by atoms with E-state index in [1.807, 2.05) is 29.5 Å². The van der Waals surface area contributed by atoms with Gasteiger partial charge >= 0.3 is 0 Å². The molecule has 128 valence electrons. The van der Waals surface area contributed by atoms with Crippen LogP contribution in [0.1, 0.15) is 0 Å². The quantitative estimate of drug-likeness (QED) is 0.340. The van der Waals surface area contributed by atoms with Gasteiger partial charge in [-0.15, -0.1) is 11.3 Å². The van der Waals surface area contributed by atoms with E-state index in [0.717, 1.165) is 33.3 Å². The van der Waals surface area contributed by atoms with E-state index in [2.05, 4.69) is 72.0 Å². The fourth-order valence-corrected chi connectivity index (χ4v) is 4.98. The van der Waals surface area contributed by atoms with Gasteiger partial charge in [-0.05, 0) is 30.3 Å². The average molecular weight is 365 g/mol. The summed E-state index contributed by atoms with van der Waals surface area (Å²) in [6.45, 7) is 0. The second-order valence-electron chi connectivity index (χ2n) is 6.71. The van der Waals surface area contributed by atoms with Crippen LogP contribution in [0.2, 0.25) is 0 Å². The molecule has 0 aliphatic rings. The van der Waals surface area contributed by atoms with Gasteiger partial charge in [-0.3, -0.25) is 0 Å². The van der Waals surface area contributed by atoms with E-state index in [1.165, 1.54) is 20.2 Å². The molecule has 2 nitrogen and oxygen atoms in total. The number of para-hydroxylation sites is 1. The summed E-state index contributed by atoms with van der Waals surface area (Å²) in [4.78, 5) is 0. The smallest absolute Gasteiger partial charge is 0.137 e. The van der Waals surface area contributed by atoms with Crippen molar-refractivity contribution >= 4 is 64.8 Å². The molecule has 2 aromatic heterocycles. The van der Waals surface area contributed by atoms with Gasteiger partial charge in [0.2, 0.25) is 0 Å². The van der Waals surface area contributed by atoms with E-state index in [9.17, 15) is 0 Å². The van der Waals surface area contributed by atoms with Crippen LogP contribution in [0.3, 0.4) is 0 Å². The van der Waals surface area contributed by atoms with Gasteiger partial charge in [-0.25, -0.2) is 0 Å². The second kappa shape index (κ2) is 5.60. The van der Waals surface area contributed by atoms with Crippen molar-refractivity contribution in [3.8, 4) is 0 Å². The SMILES string of the molecule is c1ccc2c(c1)oc1cc(Nc3cccc4c3sc3ccccc34)ccc12. The van der Waals surface area contributed by atoms with Gasteiger partial charge in [-0.1, -0.05) is 48.5 Å². The molecule has 0 saturated carbocycles. The normalized spacial score (nSPS) is 11.7. The standard InChI is InChI=1S/C24H15NOS/c1-3-10-21-16(6-1)17-13-12-15(14-22(17)26-21)25-20-9-5-8-19-18-7-2-4-11-23(18)27-24(19)20/h1-14,25H. The summed E-state index contributed by atoms with van der Waals surface area (Å²) >= 11 is 1.83. The minimum absolute atomic E-state index is 0.907. The summed E-state index contributed by atoms with van der Waals surface area (Å²) in [5.41, 5.74) is 4.00. The van der Waals surface area contributed by atoms with Crippen molar-refractivity contribution in [2.75, 3.05) is 5.32 Å². The number of benzene rings is 4. The molecule has 27 heavy (non-hydrogen) atoms. The fourth-order valence-electron chi connectivity index (χ4n) is 3.80. The first kappa shape index (κ1) is 14.8. The highest BCUT2D eigenvalue weighted by Crippen LogP contribution is 2.39. The predicted molar refractivity (Wildman–Crippen MR) is 116 cm³/mol. The number of furan rings is 1. The Kier molecular flexibility index (Phi) is 3.07. The molecular formula is C24H15NOS. The van der Waals surface area contributed by atoms with Crippen LogP contribution < -0.4 is 5.32 Å². The van der Waals surface area contributed by atoms with E-state index in [0.29, 0.717) is 0 Å². The van der Waals surface area contributed by atoms with Crippen molar-refractivity contribution in [1.29, 1.82) is 0 Å². The zero-order valence-corrected chi connectivity index (χ0v) is 15.2. The second-order valence-corrected chi connectivity index (χ2v) is 7.77. The van der Waals surface area contributed by atoms with Crippen LogP contribution in [-0.2, 0) is 0 Å². The average Bonchev–Trinajstić information content (AvgIpc) is 3.26. The monoisotopic (exact) mass is 365 g/mol. The van der Waals surface area contributed by atoms with Gasteiger partial charge < -0.3 is 9.73 Å². The fraction of sp³-hybridized carbons (Fsp3) is 0. The van der Waals surface area contributed by atoms with Gasteiger partial charge in [0.1, 0.15) is 11.2 Å². The Labute approximate surface area is 159 Å². The number of rotatable bonds is 2. The van der Waals surface area contributed by atoms with Gasteiger partial charge in [-0.2, -0.15) is 0 Å². The Balaban J connectivity index is 1.49. The minimum atomic E-state index is 0.907. The Morgan fingerprint density at radius 3 is 2.37 bits per heavy atom. The number of anilines is 2. The summed E-state index contributed by atoms with van der Waals surface area (Å²) in [7, 11) is 0. The number of hydrogen-bond acceptors (Lipinski definition) is 3. The van der Waals surface area contributed by atoms with Crippen LogP contribution in [0.4, 0.5) is 11.4 Å². The lowest BCUT2D eigenvalue weighted by molar-refractivity contribution is 0.669. The van der Waals surface area contributed by atoms with Crippen LogP contribution in [0.5, 0.6) is 0 Å². The topological polar surface area (TPSA) is 25.2 Å². The molecule has 4 aromatic carbocycles. The maximum absolute atomic E-state index is 6.03. The molecule has 0 spiro atoms. The molecule has 0 aliphatic heterocycles. The first-order chi connectivity index (χ1) is 13.4. The van der Waals surface area contributed by atoms with Gasteiger partial charge in [0, 0.05) is 38.0 Å². The molecule has 0 aliphatic carbocycles. The molecule has 1 N–H and O–H groups in total. The predicted octanol–water partition coefficient (Wildman–Crippen LogP) is 7.70. The maximum atomic E-state index is 6.03. The number of nitrogens with one attached hydrogen (secondary N) is 1. The minimum Gasteiger partial charge on any atom is -0.456 e. The van der Waals surface area contributed by atoms with Crippen molar-refractivity contribution in [3.05, 3.63) is 84.9 Å². The molecule has 0 fully saturated rings. The third kappa shape index (κ3) is 2.25. The van der Waals surface area contributed by atoms with Crippen LogP contribution in [0, 0.1) is 0 Å². The first-order valence-corrected chi connectivity index (χ1v) is 9.77. The van der Waals surface area contributed by atoms with Crippen LogP contribution in [-0.4, -0.2) is 0 Å². The summed E-state index contributed by atoms with van der Waals surface area (Å²) < 4.78 is 8.62. The van der Waals surface area contributed by atoms with E-state index in [1.54, 1.807) is 0 Å². The third-order valence-electron chi connectivity index (χ3n) is 5.06. The number of thiophene rings is 1. The molecule has 0 radical (unpaired) electrons. The molecule has 0 atom stereocenters. The molecule has 0 saturated heterocycles. The Morgan fingerprint density at radius 1 is 0.630 bits per heavy atom. The van der Waals surface area contributed by atoms with E-state index >= 15 is 0 Å². The molecule has 6 aromatic rings. The van der Waals surface area contributed by atoms with Crippen molar-refractivity contribution in [3.63, 3.8) is 0 Å². The lowest BCUT2D eigenvalue weighted by atomic mass is 10.1. The Bertz CT molecular complexity index is 1460.